The first-order chi connectivity index (χ1) is 9.70. The Balaban J connectivity index is 2.19. The molecule has 2 rings (SSSR count). The van der Waals surface area contributed by atoms with Crippen LogP contribution in [0.1, 0.15) is 30.8 Å². The van der Waals surface area contributed by atoms with Gasteiger partial charge in [-0.25, -0.2) is 14.4 Å². The minimum Gasteiger partial charge on any atom is -0.307 e. The highest BCUT2D eigenvalue weighted by atomic mass is 35.5. The molecule has 1 heterocycles. The monoisotopic (exact) mass is 293 g/mol. The van der Waals surface area contributed by atoms with Gasteiger partial charge < -0.3 is 5.32 Å². The molecule has 0 amide bonds. The van der Waals surface area contributed by atoms with Crippen molar-refractivity contribution in [1.82, 2.24) is 15.3 Å². The third kappa shape index (κ3) is 3.99. The van der Waals surface area contributed by atoms with Crippen molar-refractivity contribution in [3.63, 3.8) is 0 Å². The van der Waals surface area contributed by atoms with Crippen molar-refractivity contribution in [2.45, 2.75) is 25.8 Å². The predicted octanol–water partition coefficient (Wildman–Crippen LogP) is 3.55. The number of hydrogen-bond donors (Lipinski definition) is 1. The quantitative estimate of drug-likeness (QED) is 0.885. The Labute approximate surface area is 123 Å². The van der Waals surface area contributed by atoms with Crippen LogP contribution in [0.4, 0.5) is 4.39 Å². The van der Waals surface area contributed by atoms with Crippen molar-refractivity contribution in [3.8, 4) is 0 Å². The van der Waals surface area contributed by atoms with E-state index < -0.39 is 0 Å². The van der Waals surface area contributed by atoms with E-state index in [9.17, 15) is 4.39 Å². The Morgan fingerprint density at radius 3 is 2.70 bits per heavy atom. The standard InChI is InChI=1S/C15H17ClFN3/c1-2-6-18-14(15-19-7-3-8-20-15)9-11-4-5-12(17)10-13(11)16/h3-5,7-8,10,14,18H,2,6,9H2,1H3. The maximum absolute atomic E-state index is 13.1. The summed E-state index contributed by atoms with van der Waals surface area (Å²) in [5, 5.41) is 3.83. The molecular weight excluding hydrogens is 277 g/mol. The maximum atomic E-state index is 13.1. The molecule has 3 nitrogen and oxygen atoms in total. The van der Waals surface area contributed by atoms with Gasteiger partial charge in [0.2, 0.25) is 0 Å². The maximum Gasteiger partial charge on any atom is 0.145 e. The lowest BCUT2D eigenvalue weighted by molar-refractivity contribution is 0.504. The number of nitrogens with one attached hydrogen (secondary N) is 1. The van der Waals surface area contributed by atoms with Crippen LogP contribution in [0, 0.1) is 5.82 Å². The Kier molecular flexibility index (Phi) is 5.44. The van der Waals surface area contributed by atoms with E-state index in [1.54, 1.807) is 24.5 Å². The highest BCUT2D eigenvalue weighted by molar-refractivity contribution is 6.31. The molecule has 1 aromatic carbocycles. The second-order valence-corrected chi connectivity index (χ2v) is 4.96. The second-order valence-electron chi connectivity index (χ2n) is 4.55. The summed E-state index contributed by atoms with van der Waals surface area (Å²) < 4.78 is 13.1. The van der Waals surface area contributed by atoms with Gasteiger partial charge in [0.25, 0.3) is 0 Å². The molecule has 0 aliphatic rings. The van der Waals surface area contributed by atoms with Crippen LogP contribution in [-0.4, -0.2) is 16.5 Å². The lowest BCUT2D eigenvalue weighted by atomic mass is 10.0. The van der Waals surface area contributed by atoms with Crippen molar-refractivity contribution in [3.05, 3.63) is 58.9 Å². The third-order valence-corrected chi connectivity index (χ3v) is 3.33. The Bertz CT molecular complexity index is 548. The minimum absolute atomic E-state index is 0.0286. The third-order valence-electron chi connectivity index (χ3n) is 2.98. The van der Waals surface area contributed by atoms with Gasteiger partial charge in [-0.15, -0.1) is 0 Å². The van der Waals surface area contributed by atoms with Gasteiger partial charge in [-0.1, -0.05) is 24.6 Å². The van der Waals surface area contributed by atoms with Crippen LogP contribution in [0.5, 0.6) is 0 Å². The lowest BCUT2D eigenvalue weighted by Gasteiger charge is -2.17. The summed E-state index contributed by atoms with van der Waals surface area (Å²) in [5.41, 5.74) is 0.883. The molecule has 0 spiro atoms. The number of nitrogens with zero attached hydrogens (tertiary/aromatic N) is 2. The van der Waals surface area contributed by atoms with Gasteiger partial charge in [0.05, 0.1) is 6.04 Å². The Morgan fingerprint density at radius 1 is 1.30 bits per heavy atom. The van der Waals surface area contributed by atoms with E-state index in [1.807, 2.05) is 0 Å². The number of halogens is 2. The van der Waals surface area contributed by atoms with E-state index in [2.05, 4.69) is 22.2 Å². The topological polar surface area (TPSA) is 37.8 Å². The van der Waals surface area contributed by atoms with Crippen LogP contribution in [0.15, 0.2) is 36.7 Å². The number of hydrogen-bond acceptors (Lipinski definition) is 3. The molecule has 0 fully saturated rings. The smallest absolute Gasteiger partial charge is 0.145 e. The van der Waals surface area contributed by atoms with Gasteiger partial charge in [-0.05, 0) is 43.1 Å². The van der Waals surface area contributed by atoms with Crippen LogP contribution in [0.2, 0.25) is 5.02 Å². The van der Waals surface area contributed by atoms with Crippen LogP contribution in [0.25, 0.3) is 0 Å². The fourth-order valence-corrected chi connectivity index (χ4v) is 2.22. The first-order valence-corrected chi connectivity index (χ1v) is 7.02. The fourth-order valence-electron chi connectivity index (χ4n) is 1.97. The minimum atomic E-state index is -0.326. The van der Waals surface area contributed by atoms with E-state index in [0.717, 1.165) is 24.4 Å². The molecule has 1 N–H and O–H groups in total. The molecule has 0 aliphatic heterocycles. The summed E-state index contributed by atoms with van der Waals surface area (Å²) in [7, 11) is 0. The molecule has 1 aromatic heterocycles. The molecule has 0 aliphatic carbocycles. The molecule has 0 saturated carbocycles. The molecule has 5 heteroatoms. The molecule has 1 unspecified atom stereocenters. The first-order valence-electron chi connectivity index (χ1n) is 6.65. The van der Waals surface area contributed by atoms with E-state index in [4.69, 9.17) is 11.6 Å². The Hall–Kier alpha value is -1.52. The van der Waals surface area contributed by atoms with E-state index >= 15 is 0 Å². The van der Waals surface area contributed by atoms with Gasteiger partial charge in [-0.2, -0.15) is 0 Å². The van der Waals surface area contributed by atoms with Gasteiger partial charge in [0, 0.05) is 17.4 Å². The summed E-state index contributed by atoms with van der Waals surface area (Å²) in [5.74, 6) is 0.397. The van der Waals surface area contributed by atoms with E-state index in [1.165, 1.54) is 12.1 Å². The average molecular weight is 294 g/mol. The van der Waals surface area contributed by atoms with Crippen molar-refractivity contribution in [2.75, 3.05) is 6.54 Å². The molecular formula is C15H17ClFN3. The molecule has 106 valence electrons. The van der Waals surface area contributed by atoms with Gasteiger partial charge in [0.1, 0.15) is 11.6 Å². The largest absolute Gasteiger partial charge is 0.307 e. The van der Waals surface area contributed by atoms with E-state index in [0.29, 0.717) is 11.4 Å². The number of benzene rings is 1. The zero-order valence-electron chi connectivity index (χ0n) is 11.3. The zero-order valence-corrected chi connectivity index (χ0v) is 12.1. The first kappa shape index (κ1) is 14.9. The highest BCUT2D eigenvalue weighted by Gasteiger charge is 2.16. The summed E-state index contributed by atoms with van der Waals surface area (Å²) >= 11 is 6.09. The van der Waals surface area contributed by atoms with Gasteiger partial charge in [-0.3, -0.25) is 0 Å². The molecule has 0 saturated heterocycles. The average Bonchev–Trinajstić information content (AvgIpc) is 2.46. The summed E-state index contributed by atoms with van der Waals surface area (Å²) in [4.78, 5) is 8.57. The van der Waals surface area contributed by atoms with Crippen molar-refractivity contribution >= 4 is 11.6 Å². The van der Waals surface area contributed by atoms with Crippen LogP contribution in [-0.2, 0) is 6.42 Å². The van der Waals surface area contributed by atoms with Crippen molar-refractivity contribution in [2.24, 2.45) is 0 Å². The molecule has 1 atom stereocenters. The van der Waals surface area contributed by atoms with Crippen LogP contribution in [0.3, 0.4) is 0 Å². The summed E-state index contributed by atoms with van der Waals surface area (Å²) in [6.07, 6.45) is 5.08. The summed E-state index contributed by atoms with van der Waals surface area (Å²) in [6, 6.07) is 6.22. The summed E-state index contributed by atoms with van der Waals surface area (Å²) in [6.45, 7) is 2.96. The Morgan fingerprint density at radius 2 is 2.05 bits per heavy atom. The molecule has 0 bridgehead atoms. The van der Waals surface area contributed by atoms with Gasteiger partial charge in [0.15, 0.2) is 0 Å². The normalized spacial score (nSPS) is 12.3. The van der Waals surface area contributed by atoms with E-state index in [-0.39, 0.29) is 11.9 Å². The second kappa shape index (κ2) is 7.31. The van der Waals surface area contributed by atoms with Crippen LogP contribution < -0.4 is 5.32 Å². The number of rotatable bonds is 6. The predicted molar refractivity (Wildman–Crippen MR) is 78.2 cm³/mol. The van der Waals surface area contributed by atoms with Crippen LogP contribution >= 0.6 is 11.6 Å². The van der Waals surface area contributed by atoms with Crippen molar-refractivity contribution in [1.29, 1.82) is 0 Å². The molecule has 2 aromatic rings. The molecule has 0 radical (unpaired) electrons. The molecule has 20 heavy (non-hydrogen) atoms. The van der Waals surface area contributed by atoms with Crippen molar-refractivity contribution < 1.29 is 4.39 Å². The lowest BCUT2D eigenvalue weighted by Crippen LogP contribution is -2.26. The zero-order chi connectivity index (χ0) is 14.4. The number of aromatic nitrogens is 2. The highest BCUT2D eigenvalue weighted by Crippen LogP contribution is 2.22. The SMILES string of the molecule is CCCNC(Cc1ccc(F)cc1Cl)c1ncccn1. The fraction of sp³-hybridized carbons (Fsp3) is 0.333. The van der Waals surface area contributed by atoms with Gasteiger partial charge >= 0.3 is 0 Å².